The Morgan fingerprint density at radius 1 is 1.00 bits per heavy atom. The molecule has 3 aromatic rings. The number of allylic oxidation sites excluding steroid dienone is 1. The van der Waals surface area contributed by atoms with Gasteiger partial charge in [-0.25, -0.2) is 0 Å². The monoisotopic (exact) mass is 316 g/mol. The molecule has 0 bridgehead atoms. The van der Waals surface area contributed by atoms with Gasteiger partial charge in [0.2, 0.25) is 0 Å². The van der Waals surface area contributed by atoms with Gasteiger partial charge in [-0.15, -0.1) is 11.8 Å². The van der Waals surface area contributed by atoms with E-state index >= 15 is 0 Å². The van der Waals surface area contributed by atoms with Crippen molar-refractivity contribution >= 4 is 40.1 Å². The fraction of sp³-hybridized carbons (Fsp3) is 0.0500. The Morgan fingerprint density at radius 2 is 1.78 bits per heavy atom. The van der Waals surface area contributed by atoms with Crippen LogP contribution in [0.4, 0.5) is 11.4 Å². The number of hydrogen-bond acceptors (Lipinski definition) is 3. The molecule has 112 valence electrons. The molecule has 1 aliphatic heterocycles. The Hall–Kier alpha value is -2.52. The van der Waals surface area contributed by atoms with E-state index in [2.05, 4.69) is 65.2 Å². The Balaban J connectivity index is 1.96. The van der Waals surface area contributed by atoms with Crippen molar-refractivity contribution < 1.29 is 0 Å². The molecule has 0 saturated heterocycles. The molecule has 0 fully saturated rings. The Bertz CT molecular complexity index is 926. The van der Waals surface area contributed by atoms with Crippen LogP contribution in [0.1, 0.15) is 5.56 Å². The summed E-state index contributed by atoms with van der Waals surface area (Å²) >= 11 is 1.75. The fourth-order valence-corrected chi connectivity index (χ4v) is 3.35. The van der Waals surface area contributed by atoms with E-state index in [-0.39, 0.29) is 0 Å². The zero-order chi connectivity index (χ0) is 15.8. The molecule has 0 radical (unpaired) electrons. The number of para-hydroxylation sites is 1. The second-order valence-electron chi connectivity index (χ2n) is 5.44. The van der Waals surface area contributed by atoms with Crippen molar-refractivity contribution in [3.63, 3.8) is 0 Å². The molecule has 1 aliphatic rings. The van der Waals surface area contributed by atoms with Crippen molar-refractivity contribution in [1.29, 1.82) is 0 Å². The second-order valence-corrected chi connectivity index (χ2v) is 6.32. The first-order valence-electron chi connectivity index (χ1n) is 7.47. The van der Waals surface area contributed by atoms with Crippen molar-refractivity contribution in [2.24, 2.45) is 0 Å². The van der Waals surface area contributed by atoms with Gasteiger partial charge in [-0.05, 0) is 48.7 Å². The van der Waals surface area contributed by atoms with Crippen molar-refractivity contribution in [3.8, 4) is 0 Å². The minimum Gasteiger partial charge on any atom is -0.310 e. The number of anilines is 2. The third-order valence-corrected chi connectivity index (χ3v) is 4.82. The van der Waals surface area contributed by atoms with Gasteiger partial charge in [-0.3, -0.25) is 4.98 Å². The molecule has 0 saturated carbocycles. The highest BCUT2D eigenvalue weighted by Gasteiger charge is 2.21. The van der Waals surface area contributed by atoms with Crippen LogP contribution in [-0.2, 0) is 0 Å². The first-order chi connectivity index (χ1) is 11.3. The lowest BCUT2D eigenvalue weighted by Gasteiger charge is -2.31. The van der Waals surface area contributed by atoms with E-state index in [0.29, 0.717) is 0 Å². The van der Waals surface area contributed by atoms with Crippen LogP contribution in [0.5, 0.6) is 0 Å². The molecule has 4 rings (SSSR count). The molecular weight excluding hydrogens is 300 g/mol. The predicted molar refractivity (Wildman–Crippen MR) is 100 cm³/mol. The van der Waals surface area contributed by atoms with Crippen LogP contribution in [0, 0.1) is 0 Å². The normalized spacial score (nSPS) is 13.4. The van der Waals surface area contributed by atoms with Crippen molar-refractivity contribution in [2.45, 2.75) is 4.90 Å². The van der Waals surface area contributed by atoms with E-state index in [0.717, 1.165) is 33.5 Å². The first-order valence-corrected chi connectivity index (χ1v) is 8.69. The van der Waals surface area contributed by atoms with Gasteiger partial charge >= 0.3 is 0 Å². The molecular formula is C20H16N2S. The van der Waals surface area contributed by atoms with Gasteiger partial charge in [0.25, 0.3) is 0 Å². The largest absolute Gasteiger partial charge is 0.310 e. The van der Waals surface area contributed by atoms with E-state index in [9.17, 15) is 0 Å². The highest BCUT2D eigenvalue weighted by atomic mass is 32.2. The molecule has 1 aromatic heterocycles. The lowest BCUT2D eigenvalue weighted by Crippen LogP contribution is -2.18. The number of fused-ring (bicyclic) bond motifs is 3. The van der Waals surface area contributed by atoms with Crippen LogP contribution in [-0.4, -0.2) is 11.2 Å². The van der Waals surface area contributed by atoms with Gasteiger partial charge in [0.15, 0.2) is 0 Å². The van der Waals surface area contributed by atoms with Crippen LogP contribution in [0.15, 0.2) is 78.0 Å². The lowest BCUT2D eigenvalue weighted by molar-refractivity contribution is 1.19. The van der Waals surface area contributed by atoms with E-state index in [1.54, 1.807) is 11.8 Å². The highest BCUT2D eigenvalue weighted by molar-refractivity contribution is 7.98. The molecule has 2 nitrogen and oxygen atoms in total. The minimum atomic E-state index is 0.964. The third kappa shape index (κ3) is 2.34. The van der Waals surface area contributed by atoms with Crippen LogP contribution in [0.3, 0.4) is 0 Å². The van der Waals surface area contributed by atoms with E-state index in [4.69, 9.17) is 0 Å². The van der Waals surface area contributed by atoms with Gasteiger partial charge in [0, 0.05) is 33.4 Å². The van der Waals surface area contributed by atoms with Crippen LogP contribution >= 0.6 is 11.8 Å². The van der Waals surface area contributed by atoms with Crippen molar-refractivity contribution in [2.75, 3.05) is 11.2 Å². The molecule has 0 atom stereocenters. The molecule has 2 aromatic carbocycles. The first kappa shape index (κ1) is 14.1. The zero-order valence-electron chi connectivity index (χ0n) is 12.9. The number of nitrogens with zero attached hydrogens (tertiary/aromatic N) is 2. The summed E-state index contributed by atoms with van der Waals surface area (Å²) in [5.74, 6) is 0. The SMILES string of the molecule is C=C1C=Cc2cnc3ccccc3c2N1c1ccc(SC)cc1. The summed E-state index contributed by atoms with van der Waals surface area (Å²) in [7, 11) is 0. The second kappa shape index (κ2) is 5.60. The topological polar surface area (TPSA) is 16.1 Å². The number of thioether (sulfide) groups is 1. The van der Waals surface area contributed by atoms with Gasteiger partial charge < -0.3 is 4.90 Å². The minimum absolute atomic E-state index is 0.964. The zero-order valence-corrected chi connectivity index (χ0v) is 13.7. The summed E-state index contributed by atoms with van der Waals surface area (Å²) in [4.78, 5) is 8.03. The maximum Gasteiger partial charge on any atom is 0.0723 e. The van der Waals surface area contributed by atoms with Crippen LogP contribution in [0.2, 0.25) is 0 Å². The average Bonchev–Trinajstić information content (AvgIpc) is 2.61. The lowest BCUT2D eigenvalue weighted by atomic mass is 10.0. The number of rotatable bonds is 2. The summed E-state index contributed by atoms with van der Waals surface area (Å²) in [5, 5.41) is 1.14. The maximum absolute atomic E-state index is 4.56. The fourth-order valence-electron chi connectivity index (χ4n) is 2.94. The molecule has 3 heteroatoms. The average molecular weight is 316 g/mol. The summed E-state index contributed by atoms with van der Waals surface area (Å²) < 4.78 is 0. The van der Waals surface area contributed by atoms with Gasteiger partial charge in [-0.2, -0.15) is 0 Å². The van der Waals surface area contributed by atoms with Gasteiger partial charge in [-0.1, -0.05) is 24.8 Å². The maximum atomic E-state index is 4.56. The predicted octanol–water partition coefficient (Wildman–Crippen LogP) is 5.64. The number of benzene rings is 2. The molecule has 2 heterocycles. The highest BCUT2D eigenvalue weighted by Crippen LogP contribution is 2.41. The van der Waals surface area contributed by atoms with Crippen molar-refractivity contribution in [3.05, 3.63) is 78.6 Å². The molecule has 23 heavy (non-hydrogen) atoms. The molecule has 0 unspecified atom stereocenters. The summed E-state index contributed by atoms with van der Waals surface area (Å²) in [6, 6.07) is 16.8. The van der Waals surface area contributed by atoms with Crippen LogP contribution in [0.25, 0.3) is 17.0 Å². The Labute approximate surface area is 140 Å². The van der Waals surface area contributed by atoms with E-state index in [1.165, 1.54) is 4.90 Å². The molecule has 0 aliphatic carbocycles. The van der Waals surface area contributed by atoms with Gasteiger partial charge in [0.05, 0.1) is 11.2 Å². The molecule has 0 spiro atoms. The summed E-state index contributed by atoms with van der Waals surface area (Å²) in [6.07, 6.45) is 8.15. The Morgan fingerprint density at radius 3 is 2.57 bits per heavy atom. The summed E-state index contributed by atoms with van der Waals surface area (Å²) in [6.45, 7) is 4.23. The number of pyridine rings is 1. The molecule has 0 N–H and O–H groups in total. The van der Waals surface area contributed by atoms with E-state index in [1.807, 2.05) is 24.4 Å². The number of hydrogen-bond donors (Lipinski definition) is 0. The molecule has 0 amide bonds. The summed E-state index contributed by atoms with van der Waals surface area (Å²) in [5.41, 5.74) is 5.35. The van der Waals surface area contributed by atoms with Gasteiger partial charge in [0.1, 0.15) is 0 Å². The third-order valence-electron chi connectivity index (χ3n) is 4.07. The smallest absolute Gasteiger partial charge is 0.0723 e. The Kier molecular flexibility index (Phi) is 3.43. The van der Waals surface area contributed by atoms with Crippen LogP contribution < -0.4 is 4.90 Å². The van der Waals surface area contributed by atoms with E-state index < -0.39 is 0 Å². The number of aromatic nitrogens is 1. The standard InChI is InChI=1S/C20H16N2S/c1-14-7-8-15-13-21-19-6-4-3-5-18(19)20(15)22(14)16-9-11-17(23-2)12-10-16/h3-13H,1H2,2H3. The van der Waals surface area contributed by atoms with Crippen molar-refractivity contribution in [1.82, 2.24) is 4.98 Å². The quantitative estimate of drug-likeness (QED) is 0.570.